The summed E-state index contributed by atoms with van der Waals surface area (Å²) in [6.07, 6.45) is 4.26. The Morgan fingerprint density at radius 1 is 1.36 bits per heavy atom. The van der Waals surface area contributed by atoms with Gasteiger partial charge in [-0.05, 0) is 43.7 Å². The number of likely N-dealkylation sites (tertiary alicyclic amines) is 1. The first kappa shape index (κ1) is 10.4. The Bertz CT molecular complexity index is 183. The average Bonchev–Trinajstić information content (AvgIpc) is 2.49. The predicted molar refractivity (Wildman–Crippen MR) is 60.4 cm³/mol. The van der Waals surface area contributed by atoms with E-state index < -0.39 is 0 Å². The van der Waals surface area contributed by atoms with E-state index in [0.717, 1.165) is 5.92 Å². The number of rotatable bonds is 2. The standard InChI is InChI=1S/C12H24N2/c1-11(2)8-14-7-5-12(10-14)4-3-6-13-9-12/h11,13H,3-10H2,1-2H3. The largest absolute Gasteiger partial charge is 0.316 e. The fourth-order valence-electron chi connectivity index (χ4n) is 3.08. The summed E-state index contributed by atoms with van der Waals surface area (Å²) in [5, 5.41) is 3.56. The second-order valence-electron chi connectivity index (χ2n) is 5.66. The molecule has 2 fully saturated rings. The monoisotopic (exact) mass is 196 g/mol. The molecule has 0 bridgehead atoms. The van der Waals surface area contributed by atoms with Crippen molar-refractivity contribution in [1.29, 1.82) is 0 Å². The summed E-state index contributed by atoms with van der Waals surface area (Å²) in [5.74, 6) is 0.821. The molecule has 0 aromatic heterocycles. The summed E-state index contributed by atoms with van der Waals surface area (Å²) >= 11 is 0. The fraction of sp³-hybridized carbons (Fsp3) is 1.00. The highest BCUT2D eigenvalue weighted by Crippen LogP contribution is 2.36. The van der Waals surface area contributed by atoms with Crippen molar-refractivity contribution in [3.8, 4) is 0 Å². The molecule has 1 N–H and O–H groups in total. The van der Waals surface area contributed by atoms with Crippen molar-refractivity contribution in [3.63, 3.8) is 0 Å². The van der Waals surface area contributed by atoms with Crippen molar-refractivity contribution in [2.24, 2.45) is 11.3 Å². The SMILES string of the molecule is CC(C)CN1CCC2(CCCNC2)C1. The first-order valence-electron chi connectivity index (χ1n) is 6.13. The van der Waals surface area contributed by atoms with Crippen molar-refractivity contribution in [2.45, 2.75) is 33.1 Å². The van der Waals surface area contributed by atoms with Crippen molar-refractivity contribution in [2.75, 3.05) is 32.7 Å². The van der Waals surface area contributed by atoms with Gasteiger partial charge in [0.2, 0.25) is 0 Å². The molecule has 2 saturated heterocycles. The Kier molecular flexibility index (Phi) is 3.13. The third kappa shape index (κ3) is 2.29. The van der Waals surface area contributed by atoms with Gasteiger partial charge in [0.15, 0.2) is 0 Å². The zero-order chi connectivity index (χ0) is 10.0. The van der Waals surface area contributed by atoms with E-state index in [1.54, 1.807) is 0 Å². The molecule has 2 nitrogen and oxygen atoms in total. The van der Waals surface area contributed by atoms with Gasteiger partial charge in [-0.15, -0.1) is 0 Å². The highest BCUT2D eigenvalue weighted by molar-refractivity contribution is 4.93. The molecule has 14 heavy (non-hydrogen) atoms. The lowest BCUT2D eigenvalue weighted by molar-refractivity contribution is 0.194. The molecule has 2 rings (SSSR count). The van der Waals surface area contributed by atoms with Gasteiger partial charge in [-0.25, -0.2) is 0 Å². The van der Waals surface area contributed by atoms with Gasteiger partial charge in [-0.1, -0.05) is 13.8 Å². The first-order chi connectivity index (χ1) is 6.70. The Morgan fingerprint density at radius 2 is 2.21 bits per heavy atom. The van der Waals surface area contributed by atoms with Crippen LogP contribution in [0.1, 0.15) is 33.1 Å². The Balaban J connectivity index is 1.86. The van der Waals surface area contributed by atoms with Gasteiger partial charge in [0.25, 0.3) is 0 Å². The normalized spacial score (nSPS) is 34.5. The maximum Gasteiger partial charge on any atom is 0.00507 e. The van der Waals surface area contributed by atoms with Crippen molar-refractivity contribution >= 4 is 0 Å². The number of hydrogen-bond acceptors (Lipinski definition) is 2. The van der Waals surface area contributed by atoms with E-state index in [-0.39, 0.29) is 0 Å². The molecule has 0 aromatic rings. The minimum absolute atomic E-state index is 0.646. The summed E-state index contributed by atoms with van der Waals surface area (Å²) < 4.78 is 0. The van der Waals surface area contributed by atoms with Crippen molar-refractivity contribution < 1.29 is 0 Å². The lowest BCUT2D eigenvalue weighted by Crippen LogP contribution is -2.42. The van der Waals surface area contributed by atoms with Crippen LogP contribution >= 0.6 is 0 Å². The first-order valence-corrected chi connectivity index (χ1v) is 6.13. The second kappa shape index (κ2) is 4.19. The van der Waals surface area contributed by atoms with Crippen LogP contribution < -0.4 is 5.32 Å². The second-order valence-corrected chi connectivity index (χ2v) is 5.66. The van der Waals surface area contributed by atoms with E-state index in [9.17, 15) is 0 Å². The number of hydrogen-bond donors (Lipinski definition) is 1. The van der Waals surface area contributed by atoms with Crippen LogP contribution in [0, 0.1) is 11.3 Å². The minimum atomic E-state index is 0.646. The molecule has 0 aromatic carbocycles. The summed E-state index contributed by atoms with van der Waals surface area (Å²) in [5.41, 5.74) is 0.646. The predicted octanol–water partition coefficient (Wildman–Crippen LogP) is 1.72. The van der Waals surface area contributed by atoms with Gasteiger partial charge in [0.1, 0.15) is 0 Å². The van der Waals surface area contributed by atoms with Crippen LogP contribution in [-0.2, 0) is 0 Å². The molecule has 2 aliphatic rings. The van der Waals surface area contributed by atoms with Crippen molar-refractivity contribution in [1.82, 2.24) is 10.2 Å². The van der Waals surface area contributed by atoms with Crippen LogP contribution in [0.2, 0.25) is 0 Å². The Morgan fingerprint density at radius 3 is 2.86 bits per heavy atom. The molecule has 82 valence electrons. The molecule has 1 unspecified atom stereocenters. The lowest BCUT2D eigenvalue weighted by Gasteiger charge is -2.34. The smallest absolute Gasteiger partial charge is 0.00507 e. The van der Waals surface area contributed by atoms with Gasteiger partial charge in [0, 0.05) is 19.6 Å². The van der Waals surface area contributed by atoms with E-state index in [1.807, 2.05) is 0 Å². The van der Waals surface area contributed by atoms with Gasteiger partial charge < -0.3 is 10.2 Å². The number of nitrogens with one attached hydrogen (secondary N) is 1. The molecule has 0 aliphatic carbocycles. The van der Waals surface area contributed by atoms with E-state index in [2.05, 4.69) is 24.1 Å². The van der Waals surface area contributed by atoms with Gasteiger partial charge in [-0.3, -0.25) is 0 Å². The highest BCUT2D eigenvalue weighted by Gasteiger charge is 2.38. The Hall–Kier alpha value is -0.0800. The summed E-state index contributed by atoms with van der Waals surface area (Å²) in [4.78, 5) is 2.66. The number of piperidine rings is 1. The molecule has 0 amide bonds. The number of nitrogens with zero attached hydrogens (tertiary/aromatic N) is 1. The van der Waals surface area contributed by atoms with Crippen LogP contribution in [-0.4, -0.2) is 37.6 Å². The molecular formula is C12H24N2. The molecule has 2 heterocycles. The van der Waals surface area contributed by atoms with Crippen LogP contribution in [0.5, 0.6) is 0 Å². The highest BCUT2D eigenvalue weighted by atomic mass is 15.2. The third-order valence-corrected chi connectivity index (χ3v) is 3.70. The minimum Gasteiger partial charge on any atom is -0.316 e. The summed E-state index contributed by atoms with van der Waals surface area (Å²) in [7, 11) is 0. The van der Waals surface area contributed by atoms with Crippen molar-refractivity contribution in [3.05, 3.63) is 0 Å². The van der Waals surface area contributed by atoms with Gasteiger partial charge >= 0.3 is 0 Å². The summed E-state index contributed by atoms with van der Waals surface area (Å²) in [6, 6.07) is 0. The van der Waals surface area contributed by atoms with E-state index in [0.29, 0.717) is 5.41 Å². The van der Waals surface area contributed by atoms with Crippen LogP contribution in [0.3, 0.4) is 0 Å². The zero-order valence-electron chi connectivity index (χ0n) is 9.68. The topological polar surface area (TPSA) is 15.3 Å². The molecule has 0 saturated carbocycles. The fourth-order valence-corrected chi connectivity index (χ4v) is 3.08. The van der Waals surface area contributed by atoms with Gasteiger partial charge in [-0.2, -0.15) is 0 Å². The maximum atomic E-state index is 3.56. The lowest BCUT2D eigenvalue weighted by atomic mass is 9.80. The molecule has 1 atom stereocenters. The third-order valence-electron chi connectivity index (χ3n) is 3.70. The van der Waals surface area contributed by atoms with Crippen LogP contribution in [0.15, 0.2) is 0 Å². The van der Waals surface area contributed by atoms with E-state index in [4.69, 9.17) is 0 Å². The molecule has 2 heteroatoms. The van der Waals surface area contributed by atoms with Crippen LogP contribution in [0.25, 0.3) is 0 Å². The quantitative estimate of drug-likeness (QED) is 0.723. The average molecular weight is 196 g/mol. The molecule has 2 aliphatic heterocycles. The van der Waals surface area contributed by atoms with E-state index >= 15 is 0 Å². The van der Waals surface area contributed by atoms with E-state index in [1.165, 1.54) is 52.0 Å². The van der Waals surface area contributed by atoms with Gasteiger partial charge in [0.05, 0.1) is 0 Å². The summed E-state index contributed by atoms with van der Waals surface area (Å²) in [6.45, 7) is 11.1. The maximum absolute atomic E-state index is 3.56. The molecule has 0 radical (unpaired) electrons. The molecular weight excluding hydrogens is 172 g/mol. The zero-order valence-corrected chi connectivity index (χ0v) is 9.68. The van der Waals surface area contributed by atoms with Crippen LogP contribution in [0.4, 0.5) is 0 Å². The molecule has 1 spiro atoms. The Labute approximate surface area is 88.1 Å².